The largest absolute Gasteiger partial charge is 0.456 e. The molecule has 0 fully saturated rings. The topological polar surface area (TPSA) is 16.4 Å². The first-order chi connectivity index (χ1) is 19.8. The number of rotatable bonds is 4. The SMILES string of the molecule is c1ccc(N(c2ccc(-c3ccc4cc5oc6ccccc6c5cc4c3)cc2)c2ccc3ccccc3c2)cc1. The molecular weight excluding hydrogens is 486 g/mol. The molecule has 8 aromatic rings. The summed E-state index contributed by atoms with van der Waals surface area (Å²) < 4.78 is 6.10. The summed E-state index contributed by atoms with van der Waals surface area (Å²) in [6.45, 7) is 0. The summed E-state index contributed by atoms with van der Waals surface area (Å²) in [6, 6.07) is 53.9. The highest BCUT2D eigenvalue weighted by Gasteiger charge is 2.14. The minimum Gasteiger partial charge on any atom is -0.456 e. The minimum atomic E-state index is 0.929. The molecule has 0 aliphatic rings. The predicted molar refractivity (Wildman–Crippen MR) is 169 cm³/mol. The molecule has 0 amide bonds. The zero-order chi connectivity index (χ0) is 26.5. The number of hydrogen-bond donors (Lipinski definition) is 0. The molecule has 0 atom stereocenters. The van der Waals surface area contributed by atoms with E-state index in [-0.39, 0.29) is 0 Å². The van der Waals surface area contributed by atoms with Gasteiger partial charge in [-0.25, -0.2) is 0 Å². The number of benzene rings is 7. The number of para-hydroxylation sites is 2. The molecule has 2 heteroatoms. The lowest BCUT2D eigenvalue weighted by molar-refractivity contribution is 0.669. The van der Waals surface area contributed by atoms with E-state index in [0.29, 0.717) is 0 Å². The third kappa shape index (κ3) is 3.81. The highest BCUT2D eigenvalue weighted by molar-refractivity contribution is 6.10. The summed E-state index contributed by atoms with van der Waals surface area (Å²) >= 11 is 0. The number of hydrogen-bond acceptors (Lipinski definition) is 2. The van der Waals surface area contributed by atoms with Gasteiger partial charge in [-0.2, -0.15) is 0 Å². The smallest absolute Gasteiger partial charge is 0.136 e. The zero-order valence-corrected chi connectivity index (χ0v) is 21.8. The van der Waals surface area contributed by atoms with E-state index < -0.39 is 0 Å². The summed E-state index contributed by atoms with van der Waals surface area (Å²) in [5.74, 6) is 0. The molecule has 188 valence electrons. The van der Waals surface area contributed by atoms with Gasteiger partial charge in [0.15, 0.2) is 0 Å². The van der Waals surface area contributed by atoms with Gasteiger partial charge in [0, 0.05) is 27.8 Å². The van der Waals surface area contributed by atoms with E-state index in [2.05, 4.69) is 144 Å². The Labute approximate surface area is 232 Å². The van der Waals surface area contributed by atoms with E-state index in [1.165, 1.54) is 32.7 Å². The van der Waals surface area contributed by atoms with Gasteiger partial charge in [0.05, 0.1) is 0 Å². The Bertz CT molecular complexity index is 2160. The Hall–Kier alpha value is -5.34. The molecule has 0 aliphatic heterocycles. The molecule has 2 nitrogen and oxygen atoms in total. The first-order valence-corrected chi connectivity index (χ1v) is 13.6. The molecule has 7 aromatic carbocycles. The molecule has 0 radical (unpaired) electrons. The van der Waals surface area contributed by atoms with Crippen LogP contribution in [-0.4, -0.2) is 0 Å². The molecule has 0 saturated heterocycles. The lowest BCUT2D eigenvalue weighted by atomic mass is 9.99. The van der Waals surface area contributed by atoms with Gasteiger partial charge in [-0.3, -0.25) is 0 Å². The standard InChI is InChI=1S/C38H25NO/c1-2-10-32(11-3-1)39(34-21-18-26-8-4-5-9-28(26)23-34)33-19-16-27(17-20-33)29-14-15-30-25-38-36(24-31(30)22-29)35-12-6-7-13-37(35)40-38/h1-25H. The Morgan fingerprint density at radius 2 is 1.00 bits per heavy atom. The average molecular weight is 512 g/mol. The van der Waals surface area contributed by atoms with Crippen LogP contribution in [0.15, 0.2) is 156 Å². The first-order valence-electron chi connectivity index (χ1n) is 13.6. The van der Waals surface area contributed by atoms with Gasteiger partial charge in [0.1, 0.15) is 11.2 Å². The molecular formula is C38H25NO. The van der Waals surface area contributed by atoms with Gasteiger partial charge < -0.3 is 9.32 Å². The van der Waals surface area contributed by atoms with E-state index in [1.54, 1.807) is 0 Å². The molecule has 40 heavy (non-hydrogen) atoms. The monoisotopic (exact) mass is 511 g/mol. The van der Waals surface area contributed by atoms with Crippen LogP contribution in [0.3, 0.4) is 0 Å². The quantitative estimate of drug-likeness (QED) is 0.234. The van der Waals surface area contributed by atoms with Crippen molar-refractivity contribution >= 4 is 60.5 Å². The predicted octanol–water partition coefficient (Wildman–Crippen LogP) is 11.0. The van der Waals surface area contributed by atoms with Crippen LogP contribution >= 0.6 is 0 Å². The Morgan fingerprint density at radius 1 is 0.350 bits per heavy atom. The molecule has 8 rings (SSSR count). The zero-order valence-electron chi connectivity index (χ0n) is 21.8. The van der Waals surface area contributed by atoms with Crippen molar-refractivity contribution in [1.29, 1.82) is 0 Å². The maximum Gasteiger partial charge on any atom is 0.136 e. The van der Waals surface area contributed by atoms with E-state index in [0.717, 1.165) is 39.0 Å². The molecule has 0 spiro atoms. The van der Waals surface area contributed by atoms with E-state index in [1.807, 2.05) is 12.1 Å². The second kappa shape index (κ2) is 9.14. The van der Waals surface area contributed by atoms with Gasteiger partial charge >= 0.3 is 0 Å². The molecule has 0 aliphatic carbocycles. The minimum absolute atomic E-state index is 0.929. The molecule has 1 heterocycles. The Balaban J connectivity index is 1.20. The van der Waals surface area contributed by atoms with Crippen LogP contribution in [-0.2, 0) is 0 Å². The van der Waals surface area contributed by atoms with Crippen LogP contribution in [0.5, 0.6) is 0 Å². The van der Waals surface area contributed by atoms with Crippen LogP contribution in [0.25, 0.3) is 54.6 Å². The molecule has 0 unspecified atom stereocenters. The summed E-state index contributed by atoms with van der Waals surface area (Å²) in [4.78, 5) is 2.32. The van der Waals surface area contributed by atoms with Crippen LogP contribution < -0.4 is 4.90 Å². The van der Waals surface area contributed by atoms with Crippen molar-refractivity contribution in [3.63, 3.8) is 0 Å². The summed E-state index contributed by atoms with van der Waals surface area (Å²) in [5, 5.41) is 7.18. The van der Waals surface area contributed by atoms with Crippen molar-refractivity contribution in [1.82, 2.24) is 0 Å². The van der Waals surface area contributed by atoms with Gasteiger partial charge in [0.2, 0.25) is 0 Å². The van der Waals surface area contributed by atoms with Crippen LogP contribution in [0.2, 0.25) is 0 Å². The van der Waals surface area contributed by atoms with Crippen molar-refractivity contribution in [3.8, 4) is 11.1 Å². The summed E-state index contributed by atoms with van der Waals surface area (Å²) in [6.07, 6.45) is 0. The summed E-state index contributed by atoms with van der Waals surface area (Å²) in [5.41, 5.74) is 7.64. The number of anilines is 3. The lowest BCUT2D eigenvalue weighted by Gasteiger charge is -2.26. The van der Waals surface area contributed by atoms with Crippen LogP contribution in [0.1, 0.15) is 0 Å². The van der Waals surface area contributed by atoms with Crippen molar-refractivity contribution in [2.45, 2.75) is 0 Å². The highest BCUT2D eigenvalue weighted by Crippen LogP contribution is 2.38. The number of fused-ring (bicyclic) bond motifs is 5. The van der Waals surface area contributed by atoms with E-state index >= 15 is 0 Å². The fourth-order valence-corrected chi connectivity index (χ4v) is 5.79. The average Bonchev–Trinajstić information content (AvgIpc) is 3.38. The van der Waals surface area contributed by atoms with Gasteiger partial charge in [-0.15, -0.1) is 0 Å². The van der Waals surface area contributed by atoms with Crippen molar-refractivity contribution in [3.05, 3.63) is 152 Å². The molecule has 0 N–H and O–H groups in total. The van der Waals surface area contributed by atoms with Gasteiger partial charge in [-0.1, -0.05) is 91.0 Å². The van der Waals surface area contributed by atoms with Gasteiger partial charge in [-0.05, 0) is 93.3 Å². The second-order valence-electron chi connectivity index (χ2n) is 10.3. The van der Waals surface area contributed by atoms with Gasteiger partial charge in [0.25, 0.3) is 0 Å². The molecule has 0 saturated carbocycles. The maximum atomic E-state index is 6.10. The fourth-order valence-electron chi connectivity index (χ4n) is 5.79. The Morgan fingerprint density at radius 3 is 1.88 bits per heavy atom. The van der Waals surface area contributed by atoms with E-state index in [9.17, 15) is 0 Å². The maximum absolute atomic E-state index is 6.10. The highest BCUT2D eigenvalue weighted by atomic mass is 16.3. The third-order valence-corrected chi connectivity index (χ3v) is 7.80. The van der Waals surface area contributed by atoms with Crippen molar-refractivity contribution in [2.24, 2.45) is 0 Å². The van der Waals surface area contributed by atoms with E-state index in [4.69, 9.17) is 4.42 Å². The van der Waals surface area contributed by atoms with Crippen LogP contribution in [0, 0.1) is 0 Å². The second-order valence-corrected chi connectivity index (χ2v) is 10.3. The third-order valence-electron chi connectivity index (χ3n) is 7.80. The molecule has 0 bridgehead atoms. The fraction of sp³-hybridized carbons (Fsp3) is 0. The number of nitrogens with zero attached hydrogens (tertiary/aromatic N) is 1. The lowest BCUT2D eigenvalue weighted by Crippen LogP contribution is -2.09. The number of furan rings is 1. The molecule has 1 aromatic heterocycles. The van der Waals surface area contributed by atoms with Crippen molar-refractivity contribution < 1.29 is 4.42 Å². The van der Waals surface area contributed by atoms with Crippen molar-refractivity contribution in [2.75, 3.05) is 4.90 Å². The first kappa shape index (κ1) is 22.6. The van der Waals surface area contributed by atoms with Crippen LogP contribution in [0.4, 0.5) is 17.1 Å². The summed E-state index contributed by atoms with van der Waals surface area (Å²) in [7, 11) is 0. The Kier molecular flexibility index (Phi) is 5.17. The normalized spacial score (nSPS) is 11.5.